The van der Waals surface area contributed by atoms with E-state index in [2.05, 4.69) is 19.3 Å². The van der Waals surface area contributed by atoms with Crippen LogP contribution in [0.2, 0.25) is 0 Å². The van der Waals surface area contributed by atoms with Crippen LogP contribution >= 0.6 is 0 Å². The van der Waals surface area contributed by atoms with E-state index in [1.165, 1.54) is 0 Å². The number of carbonyl (C=O) groups is 2. The third-order valence-corrected chi connectivity index (χ3v) is 3.72. The third-order valence-electron chi connectivity index (χ3n) is 3.72. The zero-order valence-electron chi connectivity index (χ0n) is 10.9. The second kappa shape index (κ2) is 6.00. The van der Waals surface area contributed by atoms with Crippen LogP contribution in [0.1, 0.15) is 40.0 Å². The summed E-state index contributed by atoms with van der Waals surface area (Å²) in [7, 11) is 0. The summed E-state index contributed by atoms with van der Waals surface area (Å²) in [4.78, 5) is 25.0. The van der Waals surface area contributed by atoms with Gasteiger partial charge in [0.05, 0.1) is 0 Å². The molecule has 1 rings (SSSR count). The predicted molar refractivity (Wildman–Crippen MR) is 65.7 cm³/mol. The molecule has 0 aliphatic carbocycles. The van der Waals surface area contributed by atoms with Gasteiger partial charge in [-0.1, -0.05) is 13.8 Å². The van der Waals surface area contributed by atoms with Crippen molar-refractivity contribution in [2.75, 3.05) is 6.54 Å². The van der Waals surface area contributed by atoms with Crippen LogP contribution in [-0.2, 0) is 9.59 Å². The van der Waals surface area contributed by atoms with Crippen molar-refractivity contribution in [1.29, 1.82) is 0 Å². The van der Waals surface area contributed by atoms with Gasteiger partial charge in [-0.3, -0.25) is 15.0 Å². The van der Waals surface area contributed by atoms with Crippen LogP contribution in [0.15, 0.2) is 0 Å². The minimum absolute atomic E-state index is 0.0595. The monoisotopic (exact) mass is 241 g/mol. The molecule has 0 radical (unpaired) electrons. The Morgan fingerprint density at radius 1 is 1.41 bits per heavy atom. The molecule has 0 aromatic heterocycles. The molecule has 5 nitrogen and oxygen atoms in total. The largest absolute Gasteiger partial charge is 0.331 e. The first-order valence-corrected chi connectivity index (χ1v) is 6.27. The van der Waals surface area contributed by atoms with E-state index < -0.39 is 6.04 Å². The summed E-state index contributed by atoms with van der Waals surface area (Å²) in [6, 6.07) is -0.474. The molecule has 0 bridgehead atoms. The van der Waals surface area contributed by atoms with Gasteiger partial charge in [-0.25, -0.2) is 5.84 Å². The quantitative estimate of drug-likeness (QED) is 0.433. The zero-order chi connectivity index (χ0) is 13.0. The molecule has 0 aromatic rings. The fourth-order valence-corrected chi connectivity index (χ4v) is 2.36. The van der Waals surface area contributed by atoms with Gasteiger partial charge < -0.3 is 4.90 Å². The number of carbonyl (C=O) groups excluding carboxylic acids is 2. The van der Waals surface area contributed by atoms with Crippen molar-refractivity contribution in [3.8, 4) is 0 Å². The molecule has 98 valence electrons. The molecule has 2 atom stereocenters. The minimum Gasteiger partial charge on any atom is -0.331 e. The number of rotatable bonds is 3. The summed E-state index contributed by atoms with van der Waals surface area (Å²) < 4.78 is 0. The third kappa shape index (κ3) is 3.43. The van der Waals surface area contributed by atoms with Crippen LogP contribution in [0.25, 0.3) is 0 Å². The van der Waals surface area contributed by atoms with Gasteiger partial charge in [0.25, 0.3) is 5.91 Å². The highest BCUT2D eigenvalue weighted by Gasteiger charge is 2.29. The van der Waals surface area contributed by atoms with E-state index in [1.807, 2.05) is 0 Å². The molecule has 2 amide bonds. The molecule has 0 saturated carbocycles. The van der Waals surface area contributed by atoms with Crippen molar-refractivity contribution in [3.63, 3.8) is 0 Å². The number of hydrogen-bond acceptors (Lipinski definition) is 3. The summed E-state index contributed by atoms with van der Waals surface area (Å²) in [6.45, 7) is 6.73. The van der Waals surface area contributed by atoms with E-state index in [1.54, 1.807) is 11.8 Å². The fraction of sp³-hybridized carbons (Fsp3) is 0.833. The van der Waals surface area contributed by atoms with Crippen molar-refractivity contribution in [2.24, 2.45) is 17.7 Å². The molecule has 1 saturated heterocycles. The van der Waals surface area contributed by atoms with Gasteiger partial charge in [0.15, 0.2) is 0 Å². The Hall–Kier alpha value is -1.10. The number of nitrogens with zero attached hydrogens (tertiary/aromatic N) is 1. The summed E-state index contributed by atoms with van der Waals surface area (Å²) in [5.41, 5.74) is 2.10. The van der Waals surface area contributed by atoms with Crippen molar-refractivity contribution in [2.45, 2.75) is 46.1 Å². The number of likely N-dealkylation sites (tertiary alicyclic amines) is 1. The Kier molecular flexibility index (Phi) is 4.93. The Balaban J connectivity index is 2.68. The summed E-state index contributed by atoms with van der Waals surface area (Å²) in [6.07, 6.45) is 2.42. The van der Waals surface area contributed by atoms with Crippen LogP contribution in [0.5, 0.6) is 0 Å². The Labute approximate surface area is 103 Å². The molecule has 1 aliphatic heterocycles. The maximum Gasteiger partial charge on any atom is 0.256 e. The first-order chi connectivity index (χ1) is 7.97. The SMILES string of the molecule is CC(C)C1CCC(=O)N(C(C)C(=O)NN)CC1. The fourth-order valence-electron chi connectivity index (χ4n) is 2.36. The summed E-state index contributed by atoms with van der Waals surface area (Å²) >= 11 is 0. The van der Waals surface area contributed by atoms with Gasteiger partial charge in [-0.15, -0.1) is 0 Å². The van der Waals surface area contributed by atoms with Crippen molar-refractivity contribution in [3.05, 3.63) is 0 Å². The van der Waals surface area contributed by atoms with Gasteiger partial charge in [0.2, 0.25) is 5.91 Å². The number of hydrazine groups is 1. The molecule has 1 fully saturated rings. The average molecular weight is 241 g/mol. The highest BCUT2D eigenvalue weighted by atomic mass is 16.2. The first kappa shape index (κ1) is 14.0. The second-order valence-corrected chi connectivity index (χ2v) is 5.10. The molecule has 5 heteroatoms. The highest BCUT2D eigenvalue weighted by Crippen LogP contribution is 2.25. The number of nitrogens with one attached hydrogen (secondary N) is 1. The number of amides is 2. The highest BCUT2D eigenvalue weighted by molar-refractivity contribution is 5.87. The second-order valence-electron chi connectivity index (χ2n) is 5.10. The van der Waals surface area contributed by atoms with Gasteiger partial charge in [-0.2, -0.15) is 0 Å². The lowest BCUT2D eigenvalue weighted by Gasteiger charge is -2.26. The van der Waals surface area contributed by atoms with E-state index in [0.717, 1.165) is 12.8 Å². The molecule has 17 heavy (non-hydrogen) atoms. The van der Waals surface area contributed by atoms with E-state index in [4.69, 9.17) is 5.84 Å². The average Bonchev–Trinajstić information content (AvgIpc) is 2.49. The topological polar surface area (TPSA) is 75.4 Å². The van der Waals surface area contributed by atoms with E-state index >= 15 is 0 Å². The van der Waals surface area contributed by atoms with Gasteiger partial charge in [-0.05, 0) is 31.6 Å². The van der Waals surface area contributed by atoms with Gasteiger partial charge in [0.1, 0.15) is 6.04 Å². The summed E-state index contributed by atoms with van der Waals surface area (Å²) in [5.74, 6) is 6.01. The smallest absolute Gasteiger partial charge is 0.256 e. The van der Waals surface area contributed by atoms with Crippen LogP contribution < -0.4 is 11.3 Å². The maximum atomic E-state index is 11.9. The molecular formula is C12H23N3O2. The molecular weight excluding hydrogens is 218 g/mol. The van der Waals surface area contributed by atoms with Gasteiger partial charge >= 0.3 is 0 Å². The lowest BCUT2D eigenvalue weighted by molar-refractivity contribution is -0.139. The lowest BCUT2D eigenvalue weighted by Crippen LogP contribution is -2.49. The van der Waals surface area contributed by atoms with Crippen molar-refractivity contribution >= 4 is 11.8 Å². The Morgan fingerprint density at radius 3 is 2.59 bits per heavy atom. The number of nitrogens with two attached hydrogens (primary N) is 1. The van der Waals surface area contributed by atoms with Crippen LogP contribution in [0.4, 0.5) is 0 Å². The van der Waals surface area contributed by atoms with Crippen molar-refractivity contribution < 1.29 is 9.59 Å². The minimum atomic E-state index is -0.474. The normalized spacial score (nSPS) is 23.5. The molecule has 0 spiro atoms. The lowest BCUT2D eigenvalue weighted by atomic mass is 9.89. The predicted octanol–water partition coefficient (Wildman–Crippen LogP) is 0.650. The zero-order valence-corrected chi connectivity index (χ0v) is 10.9. The van der Waals surface area contributed by atoms with E-state index in [9.17, 15) is 9.59 Å². The van der Waals surface area contributed by atoms with Crippen LogP contribution in [0.3, 0.4) is 0 Å². The molecule has 1 heterocycles. The first-order valence-electron chi connectivity index (χ1n) is 6.27. The number of hydrogen-bond donors (Lipinski definition) is 2. The summed E-state index contributed by atoms with van der Waals surface area (Å²) in [5, 5.41) is 0. The molecule has 2 unspecified atom stereocenters. The van der Waals surface area contributed by atoms with Crippen LogP contribution in [-0.4, -0.2) is 29.3 Å². The van der Waals surface area contributed by atoms with Crippen LogP contribution in [0, 0.1) is 11.8 Å². The standard InChI is InChI=1S/C12H23N3O2/c1-8(2)10-4-5-11(16)15(7-6-10)9(3)12(17)14-13/h8-10H,4-7,13H2,1-3H3,(H,14,17). The molecule has 0 aromatic carbocycles. The Bertz CT molecular complexity index is 291. The van der Waals surface area contributed by atoms with E-state index in [-0.39, 0.29) is 11.8 Å². The van der Waals surface area contributed by atoms with Gasteiger partial charge in [0, 0.05) is 13.0 Å². The Morgan fingerprint density at radius 2 is 2.06 bits per heavy atom. The van der Waals surface area contributed by atoms with E-state index in [0.29, 0.717) is 24.8 Å². The molecule has 3 N–H and O–H groups in total. The molecule has 1 aliphatic rings. The maximum absolute atomic E-state index is 11.9. The van der Waals surface area contributed by atoms with Crippen molar-refractivity contribution in [1.82, 2.24) is 10.3 Å².